The second kappa shape index (κ2) is 4.88. The third kappa shape index (κ3) is 2.17. The van der Waals surface area contributed by atoms with Gasteiger partial charge in [0.2, 0.25) is 0 Å². The smallest absolute Gasteiger partial charge is 0.152 e. The summed E-state index contributed by atoms with van der Waals surface area (Å²) in [4.78, 5) is 15.1. The molecule has 0 spiro atoms. The minimum atomic E-state index is 0.750. The van der Waals surface area contributed by atoms with Crippen molar-refractivity contribution in [3.8, 4) is 11.3 Å². The number of aldehydes is 1. The normalized spacial score (nSPS) is 11.0. The van der Waals surface area contributed by atoms with Crippen LogP contribution in [-0.4, -0.2) is 11.3 Å². The molecule has 2 aromatic carbocycles. The second-order valence-corrected chi connectivity index (χ2v) is 5.83. The van der Waals surface area contributed by atoms with Crippen molar-refractivity contribution in [2.24, 2.45) is 0 Å². The number of aryl methyl sites for hydroxylation is 4. The topological polar surface area (TPSA) is 32.9 Å². The number of carbonyl (C=O) groups excluding carboxylic acids is 1. The van der Waals surface area contributed by atoms with Crippen molar-refractivity contribution < 1.29 is 4.79 Å². The van der Waals surface area contributed by atoms with Gasteiger partial charge in [-0.05, 0) is 62.1 Å². The van der Waals surface area contributed by atoms with Gasteiger partial charge in [-0.1, -0.05) is 23.8 Å². The molecule has 0 atom stereocenters. The van der Waals surface area contributed by atoms with E-state index in [0.29, 0.717) is 0 Å². The number of benzene rings is 2. The molecule has 3 rings (SSSR count). The molecule has 0 bridgehead atoms. The van der Waals surface area contributed by atoms with Gasteiger partial charge in [0.25, 0.3) is 0 Å². The van der Waals surface area contributed by atoms with Crippen molar-refractivity contribution in [1.29, 1.82) is 0 Å². The first-order chi connectivity index (χ1) is 10.0. The average molecular weight is 277 g/mol. The van der Waals surface area contributed by atoms with Gasteiger partial charge < -0.3 is 4.98 Å². The van der Waals surface area contributed by atoms with Crippen LogP contribution in [-0.2, 0) is 0 Å². The number of carbonyl (C=O) groups is 1. The van der Waals surface area contributed by atoms with Crippen molar-refractivity contribution in [2.45, 2.75) is 27.7 Å². The van der Waals surface area contributed by atoms with Crippen LogP contribution in [0.4, 0.5) is 0 Å². The fraction of sp³-hybridized carbons (Fsp3) is 0.211. The fourth-order valence-electron chi connectivity index (χ4n) is 2.92. The lowest BCUT2D eigenvalue weighted by Crippen LogP contribution is -1.87. The van der Waals surface area contributed by atoms with E-state index in [1.54, 1.807) is 0 Å². The number of nitrogens with one attached hydrogen (secondary N) is 1. The van der Waals surface area contributed by atoms with E-state index in [9.17, 15) is 4.79 Å². The SMILES string of the molecule is Cc1cc(C)c2[nH]c(-c3ccc(C)c(C)c3)c(C=O)c2c1. The highest BCUT2D eigenvalue weighted by Crippen LogP contribution is 2.32. The van der Waals surface area contributed by atoms with E-state index in [4.69, 9.17) is 0 Å². The van der Waals surface area contributed by atoms with Gasteiger partial charge in [-0.2, -0.15) is 0 Å². The van der Waals surface area contributed by atoms with Crippen LogP contribution < -0.4 is 0 Å². The first kappa shape index (κ1) is 13.6. The van der Waals surface area contributed by atoms with E-state index in [2.05, 4.69) is 63.0 Å². The average Bonchev–Trinajstić information content (AvgIpc) is 2.80. The van der Waals surface area contributed by atoms with Crippen LogP contribution in [0.3, 0.4) is 0 Å². The Morgan fingerprint density at radius 2 is 1.67 bits per heavy atom. The molecule has 21 heavy (non-hydrogen) atoms. The van der Waals surface area contributed by atoms with Gasteiger partial charge in [0.15, 0.2) is 6.29 Å². The van der Waals surface area contributed by atoms with Crippen LogP contribution in [0.15, 0.2) is 30.3 Å². The van der Waals surface area contributed by atoms with Crippen molar-refractivity contribution >= 4 is 17.2 Å². The highest BCUT2D eigenvalue weighted by molar-refractivity contribution is 6.05. The number of aromatic amines is 1. The molecule has 2 nitrogen and oxygen atoms in total. The minimum absolute atomic E-state index is 0.750. The van der Waals surface area contributed by atoms with Crippen LogP contribution in [0.25, 0.3) is 22.2 Å². The number of rotatable bonds is 2. The summed E-state index contributed by atoms with van der Waals surface area (Å²) in [6, 6.07) is 10.5. The van der Waals surface area contributed by atoms with E-state index in [1.165, 1.54) is 22.3 Å². The van der Waals surface area contributed by atoms with Crippen LogP contribution >= 0.6 is 0 Å². The van der Waals surface area contributed by atoms with Crippen molar-refractivity contribution in [3.63, 3.8) is 0 Å². The summed E-state index contributed by atoms with van der Waals surface area (Å²) < 4.78 is 0. The fourth-order valence-corrected chi connectivity index (χ4v) is 2.92. The Morgan fingerprint density at radius 1 is 0.905 bits per heavy atom. The summed E-state index contributed by atoms with van der Waals surface area (Å²) in [5.74, 6) is 0. The first-order valence-corrected chi connectivity index (χ1v) is 7.17. The predicted octanol–water partition coefficient (Wildman–Crippen LogP) is 4.88. The van der Waals surface area contributed by atoms with E-state index >= 15 is 0 Å². The first-order valence-electron chi connectivity index (χ1n) is 7.17. The largest absolute Gasteiger partial charge is 0.354 e. The number of hydrogen-bond acceptors (Lipinski definition) is 1. The van der Waals surface area contributed by atoms with Crippen molar-refractivity contribution in [1.82, 2.24) is 4.98 Å². The Hall–Kier alpha value is -2.35. The maximum Gasteiger partial charge on any atom is 0.152 e. The number of H-pyrrole nitrogens is 1. The van der Waals surface area contributed by atoms with Crippen molar-refractivity contribution in [3.05, 3.63) is 58.1 Å². The second-order valence-electron chi connectivity index (χ2n) is 5.83. The summed E-state index contributed by atoms with van der Waals surface area (Å²) in [6.07, 6.45) is 0.961. The van der Waals surface area contributed by atoms with E-state index in [-0.39, 0.29) is 0 Å². The molecule has 0 fully saturated rings. The maximum absolute atomic E-state index is 11.6. The molecule has 0 aliphatic rings. The molecule has 0 amide bonds. The Bertz CT molecular complexity index is 856. The molecule has 106 valence electrons. The van der Waals surface area contributed by atoms with Gasteiger partial charge in [-0.25, -0.2) is 0 Å². The van der Waals surface area contributed by atoms with Crippen LogP contribution in [0.5, 0.6) is 0 Å². The third-order valence-electron chi connectivity index (χ3n) is 4.20. The Kier molecular flexibility index (Phi) is 3.17. The zero-order chi connectivity index (χ0) is 15.1. The summed E-state index contributed by atoms with van der Waals surface area (Å²) >= 11 is 0. The molecule has 0 saturated carbocycles. The molecular weight excluding hydrogens is 258 g/mol. The maximum atomic E-state index is 11.6. The highest BCUT2D eigenvalue weighted by Gasteiger charge is 2.14. The quantitative estimate of drug-likeness (QED) is 0.665. The molecule has 2 heteroatoms. The standard InChI is InChI=1S/C19H19NO/c1-11-7-14(4)18-16(8-11)17(10-21)19(20-18)15-6-5-12(2)13(3)9-15/h5-10,20H,1-4H3. The van der Waals surface area contributed by atoms with Gasteiger partial charge in [-0.15, -0.1) is 0 Å². The van der Waals surface area contributed by atoms with Gasteiger partial charge in [0.1, 0.15) is 0 Å². The lowest BCUT2D eigenvalue weighted by Gasteiger charge is -2.04. The van der Waals surface area contributed by atoms with E-state index in [1.807, 2.05) is 0 Å². The lowest BCUT2D eigenvalue weighted by atomic mass is 10.0. The molecule has 0 saturated heterocycles. The van der Waals surface area contributed by atoms with Crippen LogP contribution in [0.2, 0.25) is 0 Å². The summed E-state index contributed by atoms with van der Waals surface area (Å²) in [5, 5.41) is 1.01. The van der Waals surface area contributed by atoms with E-state index < -0.39 is 0 Å². The zero-order valence-corrected chi connectivity index (χ0v) is 12.9. The molecule has 1 N–H and O–H groups in total. The molecular formula is C19H19NO. The van der Waals surface area contributed by atoms with Gasteiger partial charge in [0, 0.05) is 16.5 Å². The molecule has 3 aromatic rings. The Balaban J connectivity index is 2.34. The lowest BCUT2D eigenvalue weighted by molar-refractivity contribution is 0.112. The highest BCUT2D eigenvalue weighted by atomic mass is 16.1. The zero-order valence-electron chi connectivity index (χ0n) is 12.9. The molecule has 0 unspecified atom stereocenters. The molecule has 1 aromatic heterocycles. The van der Waals surface area contributed by atoms with Crippen molar-refractivity contribution in [2.75, 3.05) is 0 Å². The van der Waals surface area contributed by atoms with Crippen LogP contribution in [0.1, 0.15) is 32.6 Å². The molecule has 0 radical (unpaired) electrons. The number of aromatic nitrogens is 1. The van der Waals surface area contributed by atoms with E-state index in [0.717, 1.165) is 34.0 Å². The van der Waals surface area contributed by atoms with Gasteiger partial charge in [-0.3, -0.25) is 4.79 Å². The Morgan fingerprint density at radius 3 is 2.33 bits per heavy atom. The third-order valence-corrected chi connectivity index (χ3v) is 4.20. The number of hydrogen-bond donors (Lipinski definition) is 1. The predicted molar refractivity (Wildman–Crippen MR) is 88.1 cm³/mol. The molecule has 1 heterocycles. The number of fused-ring (bicyclic) bond motifs is 1. The summed E-state index contributed by atoms with van der Waals surface area (Å²) in [5.41, 5.74) is 8.61. The van der Waals surface area contributed by atoms with Gasteiger partial charge in [0.05, 0.1) is 5.69 Å². The monoisotopic (exact) mass is 277 g/mol. The Labute approximate surface area is 124 Å². The molecule has 0 aliphatic carbocycles. The summed E-state index contributed by atoms with van der Waals surface area (Å²) in [7, 11) is 0. The van der Waals surface area contributed by atoms with Gasteiger partial charge >= 0.3 is 0 Å². The molecule has 0 aliphatic heterocycles. The van der Waals surface area contributed by atoms with Crippen LogP contribution in [0, 0.1) is 27.7 Å². The summed E-state index contributed by atoms with van der Waals surface area (Å²) in [6.45, 7) is 8.32. The minimum Gasteiger partial charge on any atom is -0.354 e.